The van der Waals surface area contributed by atoms with Crippen LogP contribution in [-0.2, 0) is 6.54 Å². The van der Waals surface area contributed by atoms with Crippen molar-refractivity contribution in [3.05, 3.63) is 58.8 Å². The highest BCUT2D eigenvalue weighted by atomic mass is 79.9. The summed E-state index contributed by atoms with van der Waals surface area (Å²) in [6.07, 6.45) is 1.22. The number of hydrogen-bond donors (Lipinski definition) is 1. The van der Waals surface area contributed by atoms with Crippen molar-refractivity contribution in [1.82, 2.24) is 19.2 Å². The lowest BCUT2D eigenvalue weighted by atomic mass is 9.84. The fourth-order valence-corrected chi connectivity index (χ4v) is 4.47. The Kier molecular flexibility index (Phi) is 5.59. The molecule has 3 aromatic rings. The second-order valence-electron chi connectivity index (χ2n) is 8.94. The highest BCUT2D eigenvalue weighted by Gasteiger charge is 2.38. The van der Waals surface area contributed by atoms with Crippen molar-refractivity contribution in [2.24, 2.45) is 5.41 Å². The number of halogens is 1. The zero-order valence-corrected chi connectivity index (χ0v) is 19.1. The zero-order chi connectivity index (χ0) is 21.5. The maximum absolute atomic E-state index is 11.8. The van der Waals surface area contributed by atoms with E-state index in [2.05, 4.69) is 64.3 Å². The van der Waals surface area contributed by atoms with Crippen molar-refractivity contribution >= 4 is 27.7 Å². The van der Waals surface area contributed by atoms with Crippen LogP contribution in [0.2, 0.25) is 0 Å². The van der Waals surface area contributed by atoms with Gasteiger partial charge >= 0.3 is 6.09 Å². The van der Waals surface area contributed by atoms with Gasteiger partial charge in [-0.15, -0.1) is 0 Å². The Hall–Kier alpha value is -2.38. The Bertz CT molecular complexity index is 1060. The molecule has 7 heteroatoms. The van der Waals surface area contributed by atoms with Gasteiger partial charge in [-0.2, -0.15) is 0 Å². The lowest BCUT2D eigenvalue weighted by Crippen LogP contribution is -2.59. The molecule has 0 bridgehead atoms. The number of aromatic nitrogens is 2. The number of benzene rings is 1. The monoisotopic (exact) mass is 470 g/mol. The molecule has 1 atom stereocenters. The van der Waals surface area contributed by atoms with E-state index in [1.54, 1.807) is 4.90 Å². The van der Waals surface area contributed by atoms with Crippen LogP contribution in [0.3, 0.4) is 0 Å². The summed E-state index contributed by atoms with van der Waals surface area (Å²) in [5.74, 6) is 0. The minimum absolute atomic E-state index is 0.0564. The van der Waals surface area contributed by atoms with E-state index < -0.39 is 6.09 Å². The first-order valence-corrected chi connectivity index (χ1v) is 11.0. The molecule has 30 heavy (non-hydrogen) atoms. The largest absolute Gasteiger partial charge is 0.465 e. The molecule has 1 aliphatic rings. The lowest BCUT2D eigenvalue weighted by molar-refractivity contribution is 0.0186. The summed E-state index contributed by atoms with van der Waals surface area (Å²) in [4.78, 5) is 20.6. The van der Waals surface area contributed by atoms with E-state index in [1.807, 2.05) is 30.3 Å². The molecule has 6 nitrogen and oxygen atoms in total. The average molecular weight is 471 g/mol. The number of fused-ring (bicyclic) bond motifs is 1. The summed E-state index contributed by atoms with van der Waals surface area (Å²) in [6, 6.07) is 14.2. The van der Waals surface area contributed by atoms with Crippen LogP contribution in [0.5, 0.6) is 0 Å². The average Bonchev–Trinajstić information content (AvgIpc) is 3.06. The normalized spacial score (nSPS) is 18.1. The second-order valence-corrected chi connectivity index (χ2v) is 9.85. The predicted octanol–water partition coefficient (Wildman–Crippen LogP) is 4.97. The molecule has 1 aliphatic heterocycles. The van der Waals surface area contributed by atoms with Gasteiger partial charge in [-0.05, 0) is 29.7 Å². The molecule has 3 heterocycles. The summed E-state index contributed by atoms with van der Waals surface area (Å²) in [7, 11) is 0. The quantitative estimate of drug-likeness (QED) is 0.586. The van der Waals surface area contributed by atoms with Crippen LogP contribution >= 0.6 is 15.9 Å². The number of carbonyl (C=O) groups is 1. The van der Waals surface area contributed by atoms with Gasteiger partial charge in [-0.3, -0.25) is 4.90 Å². The maximum atomic E-state index is 11.8. The SMILES string of the molecule is CC(C)(C)C1CN(Cc2c(-c3ccc(Br)cc3)nc3ccccn23)CCN1C(=O)O. The number of pyridine rings is 1. The predicted molar refractivity (Wildman–Crippen MR) is 122 cm³/mol. The van der Waals surface area contributed by atoms with Crippen molar-refractivity contribution in [3.63, 3.8) is 0 Å². The molecule has 1 N–H and O–H groups in total. The first-order chi connectivity index (χ1) is 14.2. The Labute approximate surface area is 185 Å². The highest BCUT2D eigenvalue weighted by Crippen LogP contribution is 2.31. The lowest BCUT2D eigenvalue weighted by Gasteiger charge is -2.46. The van der Waals surface area contributed by atoms with Crippen molar-refractivity contribution in [2.45, 2.75) is 33.4 Å². The molecule has 2 aromatic heterocycles. The number of imidazole rings is 1. The summed E-state index contributed by atoms with van der Waals surface area (Å²) >= 11 is 3.51. The van der Waals surface area contributed by atoms with Crippen LogP contribution in [0.1, 0.15) is 26.5 Å². The van der Waals surface area contributed by atoms with Gasteiger partial charge in [0, 0.05) is 42.4 Å². The molecule has 1 amide bonds. The number of nitrogens with zero attached hydrogens (tertiary/aromatic N) is 4. The molecule has 1 aromatic carbocycles. The van der Waals surface area contributed by atoms with Gasteiger partial charge in [0.15, 0.2) is 0 Å². The fourth-order valence-electron chi connectivity index (χ4n) is 4.20. The van der Waals surface area contributed by atoms with Crippen LogP contribution < -0.4 is 0 Å². The fraction of sp³-hybridized carbons (Fsp3) is 0.391. The third kappa shape index (κ3) is 4.09. The second kappa shape index (κ2) is 8.04. The maximum Gasteiger partial charge on any atom is 0.407 e. The Balaban J connectivity index is 1.69. The molecule has 0 aliphatic carbocycles. The van der Waals surface area contributed by atoms with Crippen molar-refractivity contribution in [3.8, 4) is 11.3 Å². The number of piperazine rings is 1. The third-order valence-corrected chi connectivity index (χ3v) is 6.36. The number of rotatable bonds is 3. The third-order valence-electron chi connectivity index (χ3n) is 5.83. The van der Waals surface area contributed by atoms with Gasteiger partial charge in [-0.1, -0.05) is 54.9 Å². The number of hydrogen-bond acceptors (Lipinski definition) is 3. The van der Waals surface area contributed by atoms with E-state index in [0.29, 0.717) is 19.6 Å². The Morgan fingerprint density at radius 2 is 1.90 bits per heavy atom. The Morgan fingerprint density at radius 3 is 2.57 bits per heavy atom. The minimum atomic E-state index is -0.833. The van der Waals surface area contributed by atoms with Gasteiger partial charge in [0.1, 0.15) is 5.65 Å². The van der Waals surface area contributed by atoms with E-state index in [0.717, 1.165) is 33.6 Å². The van der Waals surface area contributed by atoms with E-state index in [9.17, 15) is 9.90 Å². The van der Waals surface area contributed by atoms with Crippen molar-refractivity contribution in [1.29, 1.82) is 0 Å². The smallest absolute Gasteiger partial charge is 0.407 e. The van der Waals surface area contributed by atoms with Gasteiger partial charge in [0.05, 0.1) is 17.4 Å². The van der Waals surface area contributed by atoms with Crippen LogP contribution in [0, 0.1) is 5.41 Å². The van der Waals surface area contributed by atoms with Gasteiger partial charge < -0.3 is 14.4 Å². The van der Waals surface area contributed by atoms with Crippen molar-refractivity contribution < 1.29 is 9.90 Å². The van der Waals surface area contributed by atoms with E-state index >= 15 is 0 Å². The van der Waals surface area contributed by atoms with E-state index in [-0.39, 0.29) is 11.5 Å². The summed E-state index contributed by atoms with van der Waals surface area (Å²) in [5, 5.41) is 9.66. The summed E-state index contributed by atoms with van der Waals surface area (Å²) in [6.45, 7) is 8.97. The molecule has 158 valence electrons. The van der Waals surface area contributed by atoms with Gasteiger partial charge in [0.2, 0.25) is 0 Å². The van der Waals surface area contributed by atoms with Gasteiger partial charge in [0.25, 0.3) is 0 Å². The molecule has 0 spiro atoms. The summed E-state index contributed by atoms with van der Waals surface area (Å²) < 4.78 is 3.18. The van der Waals surface area contributed by atoms with Crippen LogP contribution in [-0.4, -0.2) is 56.1 Å². The highest BCUT2D eigenvalue weighted by molar-refractivity contribution is 9.10. The molecule has 1 unspecified atom stereocenters. The molecule has 0 saturated carbocycles. The number of amides is 1. The molecule has 1 saturated heterocycles. The molecular weight excluding hydrogens is 444 g/mol. The minimum Gasteiger partial charge on any atom is -0.465 e. The van der Waals surface area contributed by atoms with Gasteiger partial charge in [-0.25, -0.2) is 9.78 Å². The summed E-state index contributed by atoms with van der Waals surface area (Å²) in [5.41, 5.74) is 3.96. The molecule has 1 fully saturated rings. The molecular formula is C23H27BrN4O2. The number of carboxylic acid groups (broad SMARTS) is 1. The Morgan fingerprint density at radius 1 is 1.17 bits per heavy atom. The van der Waals surface area contributed by atoms with E-state index in [4.69, 9.17) is 4.98 Å². The van der Waals surface area contributed by atoms with Crippen LogP contribution in [0.25, 0.3) is 16.9 Å². The van der Waals surface area contributed by atoms with Crippen LogP contribution in [0.4, 0.5) is 4.79 Å². The standard InChI is InChI=1S/C23H27BrN4O2/c1-23(2,3)19-15-26(12-13-28(19)22(29)30)14-18-21(16-7-9-17(24)10-8-16)25-20-6-4-5-11-27(18)20/h4-11,19H,12-15H2,1-3H3,(H,29,30). The zero-order valence-electron chi connectivity index (χ0n) is 17.5. The molecule has 4 rings (SSSR count). The van der Waals surface area contributed by atoms with E-state index in [1.165, 1.54) is 0 Å². The topological polar surface area (TPSA) is 61.1 Å². The van der Waals surface area contributed by atoms with Crippen molar-refractivity contribution in [2.75, 3.05) is 19.6 Å². The molecule has 0 radical (unpaired) electrons. The first-order valence-electron chi connectivity index (χ1n) is 10.2. The van der Waals surface area contributed by atoms with Crippen LogP contribution in [0.15, 0.2) is 53.1 Å². The first kappa shape index (κ1) is 20.9.